The zero-order valence-corrected chi connectivity index (χ0v) is 12.6. The number of rotatable bonds is 4. The Balaban J connectivity index is 2.52. The lowest BCUT2D eigenvalue weighted by Crippen LogP contribution is -2.12. The summed E-state index contributed by atoms with van der Waals surface area (Å²) < 4.78 is 24.8. The first-order valence-corrected chi connectivity index (χ1v) is 8.17. The Hall–Kier alpha value is -1.51. The smallest absolute Gasteiger partial charge is 0.257 e. The van der Waals surface area contributed by atoms with Gasteiger partial charge in [-0.2, -0.15) is 0 Å². The highest BCUT2D eigenvalue weighted by atomic mass is 35.5. The van der Waals surface area contributed by atoms with Crippen molar-refractivity contribution in [3.63, 3.8) is 0 Å². The highest BCUT2D eigenvalue weighted by Gasteiger charge is 2.34. The number of nitro groups is 1. The Morgan fingerprint density at radius 2 is 1.95 bits per heavy atom. The molecule has 0 aliphatic carbocycles. The van der Waals surface area contributed by atoms with Crippen LogP contribution < -0.4 is 0 Å². The van der Waals surface area contributed by atoms with E-state index in [2.05, 4.69) is 4.98 Å². The van der Waals surface area contributed by atoms with Crippen LogP contribution in [0.25, 0.3) is 0 Å². The Labute approximate surface area is 124 Å². The van der Waals surface area contributed by atoms with Crippen LogP contribution in [0.4, 0.5) is 5.00 Å². The summed E-state index contributed by atoms with van der Waals surface area (Å²) in [4.78, 5) is 14.1. The van der Waals surface area contributed by atoms with E-state index in [4.69, 9.17) is 11.6 Å². The normalized spacial score (nSPS) is 13.1. The van der Waals surface area contributed by atoms with Crippen molar-refractivity contribution in [1.29, 1.82) is 0 Å². The average Bonchev–Trinajstić information content (AvgIpc) is 2.81. The van der Waals surface area contributed by atoms with Gasteiger partial charge in [0.25, 0.3) is 0 Å². The minimum absolute atomic E-state index is 0.0539. The Morgan fingerprint density at radius 1 is 1.35 bits per heavy atom. The van der Waals surface area contributed by atoms with E-state index < -0.39 is 20.0 Å². The fourth-order valence-electron chi connectivity index (χ4n) is 1.65. The minimum atomic E-state index is -3.75. The first-order chi connectivity index (χ1) is 9.34. The molecule has 0 saturated carbocycles. The van der Waals surface area contributed by atoms with Crippen LogP contribution in [0, 0.1) is 10.1 Å². The van der Waals surface area contributed by atoms with Gasteiger partial charge in [0.05, 0.1) is 9.82 Å². The molecule has 0 bridgehead atoms. The molecule has 0 spiro atoms. The molecule has 1 aromatic heterocycles. The maximum absolute atomic E-state index is 12.4. The van der Waals surface area contributed by atoms with E-state index in [1.165, 1.54) is 19.1 Å². The van der Waals surface area contributed by atoms with Crippen molar-refractivity contribution in [3.8, 4) is 0 Å². The molecule has 20 heavy (non-hydrogen) atoms. The molecular weight excluding hydrogens is 324 g/mol. The summed E-state index contributed by atoms with van der Waals surface area (Å²) in [7, 11) is -3.75. The van der Waals surface area contributed by atoms with Crippen molar-refractivity contribution >= 4 is 37.8 Å². The number of aromatic nitrogens is 1. The molecule has 0 N–H and O–H groups in total. The molecule has 1 aromatic carbocycles. The summed E-state index contributed by atoms with van der Waals surface area (Å²) in [5.41, 5.74) is -0.131. The van der Waals surface area contributed by atoms with Crippen LogP contribution in [-0.2, 0) is 9.84 Å². The molecule has 0 aliphatic heterocycles. The Bertz CT molecular complexity index is 743. The maximum Gasteiger partial charge on any atom is 0.349 e. The lowest BCUT2D eigenvalue weighted by Gasteiger charge is -2.10. The number of benzene rings is 1. The van der Waals surface area contributed by atoms with E-state index in [0.29, 0.717) is 11.3 Å². The van der Waals surface area contributed by atoms with Gasteiger partial charge in [-0.3, -0.25) is 10.1 Å². The van der Waals surface area contributed by atoms with Crippen LogP contribution in [0.15, 0.2) is 35.2 Å². The lowest BCUT2D eigenvalue weighted by atomic mass is 10.3. The van der Waals surface area contributed by atoms with Crippen LogP contribution in [0.1, 0.15) is 17.9 Å². The van der Waals surface area contributed by atoms with Gasteiger partial charge >= 0.3 is 5.00 Å². The minimum Gasteiger partial charge on any atom is -0.257 e. The molecular formula is C11H9ClN2O4S2. The van der Waals surface area contributed by atoms with Gasteiger partial charge in [-0.05, 0) is 30.4 Å². The van der Waals surface area contributed by atoms with Gasteiger partial charge in [-0.25, -0.2) is 13.4 Å². The van der Waals surface area contributed by atoms with E-state index >= 15 is 0 Å². The zero-order valence-electron chi connectivity index (χ0n) is 10.2. The van der Waals surface area contributed by atoms with Gasteiger partial charge in [0.2, 0.25) is 0 Å². The molecule has 1 heterocycles. The number of sulfone groups is 1. The van der Waals surface area contributed by atoms with Crippen molar-refractivity contribution in [2.45, 2.75) is 17.1 Å². The second kappa shape index (κ2) is 5.47. The molecule has 0 radical (unpaired) electrons. The topological polar surface area (TPSA) is 90.2 Å². The fourth-order valence-corrected chi connectivity index (χ4v) is 4.15. The summed E-state index contributed by atoms with van der Waals surface area (Å²) in [5, 5.41) is 9.44. The van der Waals surface area contributed by atoms with Crippen LogP contribution in [0.5, 0.6) is 0 Å². The molecule has 106 valence electrons. The molecule has 0 fully saturated rings. The summed E-state index contributed by atoms with van der Waals surface area (Å²) in [6, 6.07) is 7.73. The predicted octanol–water partition coefficient (Wildman–Crippen LogP) is 3.24. The quantitative estimate of drug-likeness (QED) is 0.633. The highest BCUT2D eigenvalue weighted by Crippen LogP contribution is 2.38. The summed E-state index contributed by atoms with van der Waals surface area (Å²) in [6.45, 7) is 1.36. The first-order valence-electron chi connectivity index (χ1n) is 5.43. The van der Waals surface area contributed by atoms with Crippen molar-refractivity contribution in [1.82, 2.24) is 4.98 Å². The third-order valence-electron chi connectivity index (χ3n) is 2.70. The number of nitrogens with zero attached hydrogens (tertiary/aromatic N) is 2. The van der Waals surface area contributed by atoms with Gasteiger partial charge in [0.1, 0.15) is 5.25 Å². The Morgan fingerprint density at radius 3 is 2.50 bits per heavy atom. The second-order valence-corrected chi connectivity index (χ2v) is 7.74. The number of halogens is 1. The van der Waals surface area contributed by atoms with Crippen LogP contribution >= 0.6 is 22.9 Å². The summed E-state index contributed by atoms with van der Waals surface area (Å²) in [6.07, 6.45) is 0. The molecule has 1 atom stereocenters. The summed E-state index contributed by atoms with van der Waals surface area (Å²) >= 11 is 6.31. The van der Waals surface area contributed by atoms with E-state index in [1.54, 1.807) is 18.2 Å². The van der Waals surface area contributed by atoms with E-state index in [0.717, 1.165) is 0 Å². The standard InChI is InChI=1S/C11H9ClN2O4S2/c1-7(9-10(14(15)16)19-11(12)13-9)20(17,18)8-5-3-2-4-6-8/h2-7H,1H3. The molecule has 2 rings (SSSR count). The van der Waals surface area contributed by atoms with Gasteiger partial charge < -0.3 is 0 Å². The van der Waals surface area contributed by atoms with E-state index in [-0.39, 0.29) is 20.1 Å². The van der Waals surface area contributed by atoms with Crippen LogP contribution in [0.3, 0.4) is 0 Å². The highest BCUT2D eigenvalue weighted by molar-refractivity contribution is 7.91. The maximum atomic E-state index is 12.4. The number of thiazole rings is 1. The predicted molar refractivity (Wildman–Crippen MR) is 75.8 cm³/mol. The van der Waals surface area contributed by atoms with Crippen molar-refractivity contribution in [2.75, 3.05) is 0 Å². The number of hydrogen-bond donors (Lipinski definition) is 0. The molecule has 6 nitrogen and oxygen atoms in total. The second-order valence-electron chi connectivity index (χ2n) is 3.91. The lowest BCUT2D eigenvalue weighted by molar-refractivity contribution is -0.381. The zero-order chi connectivity index (χ0) is 14.9. The molecule has 0 amide bonds. The molecule has 9 heteroatoms. The van der Waals surface area contributed by atoms with E-state index in [1.807, 2.05) is 0 Å². The van der Waals surface area contributed by atoms with Crippen molar-refractivity contribution in [2.24, 2.45) is 0 Å². The molecule has 0 saturated heterocycles. The SMILES string of the molecule is CC(c1nc(Cl)sc1[N+](=O)[O-])S(=O)(=O)c1ccccc1. The average molecular weight is 333 g/mol. The third kappa shape index (κ3) is 2.67. The van der Waals surface area contributed by atoms with E-state index in [9.17, 15) is 18.5 Å². The Kier molecular flexibility index (Phi) is 4.07. The van der Waals surface area contributed by atoms with Gasteiger partial charge in [-0.1, -0.05) is 29.8 Å². The van der Waals surface area contributed by atoms with Crippen LogP contribution in [-0.4, -0.2) is 18.3 Å². The van der Waals surface area contributed by atoms with Crippen molar-refractivity contribution < 1.29 is 13.3 Å². The van der Waals surface area contributed by atoms with Gasteiger partial charge in [0.15, 0.2) is 20.0 Å². The molecule has 0 aliphatic rings. The third-order valence-corrected chi connectivity index (χ3v) is 5.91. The van der Waals surface area contributed by atoms with Crippen LogP contribution in [0.2, 0.25) is 4.47 Å². The van der Waals surface area contributed by atoms with Gasteiger partial charge in [0, 0.05) is 0 Å². The molecule has 1 unspecified atom stereocenters. The fraction of sp³-hybridized carbons (Fsp3) is 0.182. The first kappa shape index (κ1) is 14.9. The monoisotopic (exact) mass is 332 g/mol. The van der Waals surface area contributed by atoms with Crippen molar-refractivity contribution in [3.05, 3.63) is 50.6 Å². The largest absolute Gasteiger partial charge is 0.349 e. The summed E-state index contributed by atoms with van der Waals surface area (Å²) in [5.74, 6) is 0. The van der Waals surface area contributed by atoms with Gasteiger partial charge in [-0.15, -0.1) is 0 Å². The number of hydrogen-bond acceptors (Lipinski definition) is 6. The molecule has 2 aromatic rings.